The smallest absolute Gasteiger partial charge is 0.342 e. The molecule has 0 aliphatic rings. The van der Waals surface area contributed by atoms with Gasteiger partial charge < -0.3 is 15.2 Å². The summed E-state index contributed by atoms with van der Waals surface area (Å²) in [6.45, 7) is 5.79. The van der Waals surface area contributed by atoms with Gasteiger partial charge in [0.15, 0.2) is 0 Å². The van der Waals surface area contributed by atoms with Crippen LogP contribution in [0.3, 0.4) is 0 Å². The summed E-state index contributed by atoms with van der Waals surface area (Å²) in [6.07, 6.45) is 0.619. The number of nitrogens with zero attached hydrogens (tertiary/aromatic N) is 1. The lowest BCUT2D eigenvalue weighted by atomic mass is 10.1. The van der Waals surface area contributed by atoms with Gasteiger partial charge in [0, 0.05) is 12.1 Å². The van der Waals surface area contributed by atoms with Crippen molar-refractivity contribution in [1.29, 1.82) is 5.26 Å². The molecule has 0 heterocycles. The molecule has 2 aromatic rings. The van der Waals surface area contributed by atoms with Gasteiger partial charge in [-0.25, -0.2) is 4.79 Å². The fraction of sp³-hybridized carbons (Fsp3) is 0.300. The van der Waals surface area contributed by atoms with E-state index in [2.05, 4.69) is 6.07 Å². The molecule has 0 spiro atoms. The normalized spacial score (nSPS) is 10.8. The number of hydrogen-bond acceptors (Lipinski definition) is 5. The van der Waals surface area contributed by atoms with E-state index in [1.54, 1.807) is 45.0 Å². The van der Waals surface area contributed by atoms with E-state index in [0.717, 1.165) is 5.56 Å². The van der Waals surface area contributed by atoms with Gasteiger partial charge in [-0.3, -0.25) is 0 Å². The standard InChI is InChI=1S/C20H22N2O3/c1-20(2,3)25-19(23)17-12-16(22)7-8-18(17)24-10-9-14-5-4-6-15(11-14)13-21/h4-8,11-12H,9-10,22H2,1-3H3. The summed E-state index contributed by atoms with van der Waals surface area (Å²) >= 11 is 0. The molecular weight excluding hydrogens is 316 g/mol. The summed E-state index contributed by atoms with van der Waals surface area (Å²) in [5.74, 6) is -0.0406. The van der Waals surface area contributed by atoms with Crippen LogP contribution in [0.15, 0.2) is 42.5 Å². The topological polar surface area (TPSA) is 85.3 Å². The van der Waals surface area contributed by atoms with Crippen LogP contribution >= 0.6 is 0 Å². The zero-order chi connectivity index (χ0) is 18.4. The molecule has 2 N–H and O–H groups in total. The van der Waals surface area contributed by atoms with Crippen molar-refractivity contribution < 1.29 is 14.3 Å². The van der Waals surface area contributed by atoms with E-state index < -0.39 is 11.6 Å². The van der Waals surface area contributed by atoms with Crippen molar-refractivity contribution in [2.45, 2.75) is 32.8 Å². The Kier molecular flexibility index (Phi) is 5.66. The highest BCUT2D eigenvalue weighted by Crippen LogP contribution is 2.24. The largest absolute Gasteiger partial charge is 0.492 e. The number of nitriles is 1. The first-order valence-corrected chi connectivity index (χ1v) is 8.03. The highest BCUT2D eigenvalue weighted by molar-refractivity contribution is 5.93. The van der Waals surface area contributed by atoms with Gasteiger partial charge >= 0.3 is 5.97 Å². The molecule has 0 unspecified atom stereocenters. The van der Waals surface area contributed by atoms with Gasteiger partial charge in [-0.05, 0) is 56.7 Å². The van der Waals surface area contributed by atoms with Gasteiger partial charge in [0.05, 0.1) is 18.2 Å². The minimum atomic E-state index is -0.601. The third kappa shape index (κ3) is 5.54. The first-order chi connectivity index (χ1) is 11.8. The molecule has 2 aromatic carbocycles. The van der Waals surface area contributed by atoms with E-state index in [1.165, 1.54) is 0 Å². The Labute approximate surface area is 148 Å². The predicted octanol–water partition coefficient (Wildman–Crippen LogP) is 3.72. The van der Waals surface area contributed by atoms with Gasteiger partial charge in [-0.2, -0.15) is 5.26 Å². The molecule has 0 atom stereocenters. The maximum atomic E-state index is 12.4. The molecule has 0 radical (unpaired) electrons. The van der Waals surface area contributed by atoms with Crippen LogP contribution < -0.4 is 10.5 Å². The molecule has 130 valence electrons. The summed E-state index contributed by atoms with van der Waals surface area (Å²) in [5.41, 5.74) is 7.56. The number of anilines is 1. The van der Waals surface area contributed by atoms with E-state index in [0.29, 0.717) is 35.6 Å². The first-order valence-electron chi connectivity index (χ1n) is 8.03. The number of carbonyl (C=O) groups is 1. The molecule has 0 saturated carbocycles. The molecule has 5 nitrogen and oxygen atoms in total. The Bertz CT molecular complexity index is 801. The lowest BCUT2D eigenvalue weighted by Gasteiger charge is -2.20. The minimum absolute atomic E-state index is 0.306. The highest BCUT2D eigenvalue weighted by atomic mass is 16.6. The van der Waals surface area contributed by atoms with Gasteiger partial charge in [0.1, 0.15) is 16.9 Å². The number of rotatable bonds is 5. The van der Waals surface area contributed by atoms with E-state index in [-0.39, 0.29) is 0 Å². The highest BCUT2D eigenvalue weighted by Gasteiger charge is 2.21. The summed E-state index contributed by atoms with van der Waals surface area (Å²) in [5, 5.41) is 8.94. The van der Waals surface area contributed by atoms with Crippen LogP contribution in [0.5, 0.6) is 5.75 Å². The maximum absolute atomic E-state index is 12.4. The number of nitrogen functional groups attached to an aromatic ring is 1. The van der Waals surface area contributed by atoms with E-state index in [1.807, 2.05) is 18.2 Å². The van der Waals surface area contributed by atoms with Gasteiger partial charge in [0.25, 0.3) is 0 Å². The summed E-state index contributed by atoms with van der Waals surface area (Å²) < 4.78 is 11.2. The Morgan fingerprint density at radius 3 is 2.64 bits per heavy atom. The Morgan fingerprint density at radius 1 is 1.20 bits per heavy atom. The van der Waals surface area contributed by atoms with Crippen LogP contribution in [0.2, 0.25) is 0 Å². The Morgan fingerprint density at radius 2 is 1.96 bits per heavy atom. The Balaban J connectivity index is 2.09. The third-order valence-electron chi connectivity index (χ3n) is 3.33. The van der Waals surface area contributed by atoms with Gasteiger partial charge in [0.2, 0.25) is 0 Å². The number of ether oxygens (including phenoxy) is 2. The molecule has 5 heteroatoms. The second-order valence-electron chi connectivity index (χ2n) is 6.67. The summed E-state index contributed by atoms with van der Waals surface area (Å²) in [7, 11) is 0. The molecule has 0 fully saturated rings. The summed E-state index contributed by atoms with van der Waals surface area (Å²) in [6, 6.07) is 14.4. The molecule has 0 saturated heterocycles. The quantitative estimate of drug-likeness (QED) is 0.663. The second kappa shape index (κ2) is 7.71. The SMILES string of the molecule is CC(C)(C)OC(=O)c1cc(N)ccc1OCCc1cccc(C#N)c1. The zero-order valence-electron chi connectivity index (χ0n) is 14.7. The number of benzene rings is 2. The predicted molar refractivity (Wildman–Crippen MR) is 96.4 cm³/mol. The summed E-state index contributed by atoms with van der Waals surface area (Å²) in [4.78, 5) is 12.4. The monoisotopic (exact) mass is 338 g/mol. The van der Waals surface area contributed by atoms with Crippen LogP contribution in [0.4, 0.5) is 5.69 Å². The zero-order valence-corrected chi connectivity index (χ0v) is 14.7. The number of esters is 1. The van der Waals surface area contributed by atoms with Crippen LogP contribution in [0.25, 0.3) is 0 Å². The fourth-order valence-electron chi connectivity index (χ4n) is 2.24. The van der Waals surface area contributed by atoms with Crippen LogP contribution in [0.1, 0.15) is 42.3 Å². The average Bonchev–Trinajstić information content (AvgIpc) is 2.54. The van der Waals surface area contributed by atoms with Crippen LogP contribution in [-0.2, 0) is 11.2 Å². The molecule has 2 rings (SSSR count). The third-order valence-corrected chi connectivity index (χ3v) is 3.33. The number of carbonyl (C=O) groups excluding carboxylic acids is 1. The molecule has 0 aromatic heterocycles. The van der Waals surface area contributed by atoms with Crippen molar-refractivity contribution >= 4 is 11.7 Å². The van der Waals surface area contributed by atoms with Gasteiger partial charge in [-0.1, -0.05) is 12.1 Å². The van der Waals surface area contributed by atoms with Crippen LogP contribution in [-0.4, -0.2) is 18.2 Å². The van der Waals surface area contributed by atoms with Crippen LogP contribution in [0, 0.1) is 11.3 Å². The molecule has 0 amide bonds. The van der Waals surface area contributed by atoms with Crippen molar-refractivity contribution in [3.05, 3.63) is 59.2 Å². The number of nitrogens with two attached hydrogens (primary N) is 1. The maximum Gasteiger partial charge on any atom is 0.342 e. The van der Waals surface area contributed by atoms with Crippen molar-refractivity contribution in [3.63, 3.8) is 0 Å². The van der Waals surface area contributed by atoms with Gasteiger partial charge in [-0.15, -0.1) is 0 Å². The van der Waals surface area contributed by atoms with Crippen molar-refractivity contribution in [2.75, 3.05) is 12.3 Å². The molecule has 0 aliphatic heterocycles. The van der Waals surface area contributed by atoms with E-state index in [9.17, 15) is 4.79 Å². The van der Waals surface area contributed by atoms with Crippen molar-refractivity contribution in [2.24, 2.45) is 0 Å². The lowest BCUT2D eigenvalue weighted by molar-refractivity contribution is 0.00659. The molecular formula is C20H22N2O3. The minimum Gasteiger partial charge on any atom is -0.492 e. The van der Waals surface area contributed by atoms with Crippen molar-refractivity contribution in [3.8, 4) is 11.8 Å². The van der Waals surface area contributed by atoms with E-state index >= 15 is 0 Å². The second-order valence-corrected chi connectivity index (χ2v) is 6.67. The average molecular weight is 338 g/mol. The first kappa shape index (κ1) is 18.3. The lowest BCUT2D eigenvalue weighted by Crippen LogP contribution is -2.24. The Hall–Kier alpha value is -3.00. The van der Waals surface area contributed by atoms with Crippen molar-refractivity contribution in [1.82, 2.24) is 0 Å². The fourth-order valence-corrected chi connectivity index (χ4v) is 2.24. The molecule has 25 heavy (non-hydrogen) atoms. The molecule has 0 bridgehead atoms. The van der Waals surface area contributed by atoms with E-state index in [4.69, 9.17) is 20.5 Å². The molecule has 0 aliphatic carbocycles. The number of hydrogen-bond donors (Lipinski definition) is 1.